The standard InChI is InChI=1S/C13H14N4O/c14-13-15-7-6-12(16-13)17-8-3-9-18-11-5-2-1-4-10(11)17/h1-2,4-7H,3,8-9H2,(H2,14,15,16). The van der Waals surface area contributed by atoms with Gasteiger partial charge in [0.05, 0.1) is 12.3 Å². The van der Waals surface area contributed by atoms with Crippen molar-refractivity contribution in [3.05, 3.63) is 36.5 Å². The maximum absolute atomic E-state index is 5.71. The summed E-state index contributed by atoms with van der Waals surface area (Å²) in [7, 11) is 0. The monoisotopic (exact) mass is 242 g/mol. The predicted octanol–water partition coefficient (Wildman–Crippen LogP) is 1.98. The minimum absolute atomic E-state index is 0.287. The lowest BCUT2D eigenvalue weighted by atomic mass is 10.2. The second-order valence-corrected chi connectivity index (χ2v) is 4.09. The Balaban J connectivity index is 2.06. The summed E-state index contributed by atoms with van der Waals surface area (Å²) in [4.78, 5) is 10.3. The molecule has 0 aliphatic carbocycles. The zero-order valence-electron chi connectivity index (χ0n) is 9.91. The smallest absolute Gasteiger partial charge is 0.221 e. The van der Waals surface area contributed by atoms with E-state index in [9.17, 15) is 0 Å². The van der Waals surface area contributed by atoms with E-state index in [0.717, 1.165) is 30.2 Å². The molecule has 0 radical (unpaired) electrons. The van der Waals surface area contributed by atoms with Gasteiger partial charge in [-0.25, -0.2) is 4.98 Å². The third-order valence-electron chi connectivity index (χ3n) is 2.88. The molecule has 3 rings (SSSR count). The van der Waals surface area contributed by atoms with Crippen molar-refractivity contribution in [1.29, 1.82) is 0 Å². The third kappa shape index (κ3) is 1.95. The summed E-state index contributed by atoms with van der Waals surface area (Å²) in [5.74, 6) is 1.97. The number of hydrogen-bond donors (Lipinski definition) is 1. The Labute approximate surface area is 105 Å². The predicted molar refractivity (Wildman–Crippen MR) is 70.0 cm³/mol. The number of fused-ring (bicyclic) bond motifs is 1. The van der Waals surface area contributed by atoms with Gasteiger partial charge >= 0.3 is 0 Å². The van der Waals surface area contributed by atoms with E-state index in [1.54, 1.807) is 6.20 Å². The highest BCUT2D eigenvalue weighted by Gasteiger charge is 2.18. The number of ether oxygens (including phenoxy) is 1. The van der Waals surface area contributed by atoms with Gasteiger partial charge in [0, 0.05) is 12.7 Å². The molecule has 2 heterocycles. The lowest BCUT2D eigenvalue weighted by Gasteiger charge is -2.22. The van der Waals surface area contributed by atoms with Gasteiger partial charge in [-0.2, -0.15) is 4.98 Å². The lowest BCUT2D eigenvalue weighted by Crippen LogP contribution is -2.19. The fourth-order valence-electron chi connectivity index (χ4n) is 2.08. The Morgan fingerprint density at radius 3 is 3.00 bits per heavy atom. The van der Waals surface area contributed by atoms with Crippen LogP contribution in [-0.4, -0.2) is 23.1 Å². The van der Waals surface area contributed by atoms with Crippen molar-refractivity contribution in [3.63, 3.8) is 0 Å². The van der Waals surface area contributed by atoms with Crippen molar-refractivity contribution in [2.45, 2.75) is 6.42 Å². The normalized spacial score (nSPS) is 14.6. The molecule has 2 N–H and O–H groups in total. The topological polar surface area (TPSA) is 64.3 Å². The van der Waals surface area contributed by atoms with Crippen molar-refractivity contribution in [3.8, 4) is 5.75 Å². The number of rotatable bonds is 1. The SMILES string of the molecule is Nc1nccc(N2CCCOc3ccccc32)n1. The second kappa shape index (κ2) is 4.52. The number of benzene rings is 1. The van der Waals surface area contributed by atoms with Crippen molar-refractivity contribution < 1.29 is 4.74 Å². The van der Waals surface area contributed by atoms with Gasteiger partial charge in [-0.15, -0.1) is 0 Å². The second-order valence-electron chi connectivity index (χ2n) is 4.09. The van der Waals surface area contributed by atoms with E-state index in [4.69, 9.17) is 10.5 Å². The molecule has 1 aromatic heterocycles. The first-order valence-electron chi connectivity index (χ1n) is 5.92. The first-order valence-corrected chi connectivity index (χ1v) is 5.92. The molecule has 0 fully saturated rings. The average molecular weight is 242 g/mol. The van der Waals surface area contributed by atoms with E-state index in [2.05, 4.69) is 14.9 Å². The molecular formula is C13H14N4O. The van der Waals surface area contributed by atoms with E-state index in [-0.39, 0.29) is 5.95 Å². The van der Waals surface area contributed by atoms with Gasteiger partial charge in [0.1, 0.15) is 11.6 Å². The van der Waals surface area contributed by atoms with Gasteiger partial charge in [-0.05, 0) is 24.6 Å². The molecule has 18 heavy (non-hydrogen) atoms. The summed E-state index contributed by atoms with van der Waals surface area (Å²) < 4.78 is 5.71. The van der Waals surface area contributed by atoms with Crippen LogP contribution >= 0.6 is 0 Å². The molecule has 5 nitrogen and oxygen atoms in total. The molecule has 5 heteroatoms. The quantitative estimate of drug-likeness (QED) is 0.828. The van der Waals surface area contributed by atoms with Gasteiger partial charge < -0.3 is 15.4 Å². The Hall–Kier alpha value is -2.30. The molecule has 0 unspecified atom stereocenters. The van der Waals surface area contributed by atoms with Crippen molar-refractivity contribution in [2.75, 3.05) is 23.8 Å². The number of nitrogens with zero attached hydrogens (tertiary/aromatic N) is 3. The van der Waals surface area contributed by atoms with E-state index < -0.39 is 0 Å². The largest absolute Gasteiger partial charge is 0.491 e. The molecular weight excluding hydrogens is 228 g/mol. The van der Waals surface area contributed by atoms with Gasteiger partial charge in [-0.3, -0.25) is 0 Å². The van der Waals surface area contributed by atoms with Crippen LogP contribution in [0.4, 0.5) is 17.5 Å². The Kier molecular flexibility index (Phi) is 2.72. The number of nitrogen functional groups attached to an aromatic ring is 1. The number of hydrogen-bond acceptors (Lipinski definition) is 5. The van der Waals surface area contributed by atoms with Gasteiger partial charge in [0.15, 0.2) is 0 Å². The highest BCUT2D eigenvalue weighted by atomic mass is 16.5. The maximum atomic E-state index is 5.71. The minimum atomic E-state index is 0.287. The van der Waals surface area contributed by atoms with E-state index in [0.29, 0.717) is 6.61 Å². The zero-order valence-corrected chi connectivity index (χ0v) is 9.91. The summed E-state index contributed by atoms with van der Waals surface area (Å²) in [6, 6.07) is 9.82. The van der Waals surface area contributed by atoms with Crippen molar-refractivity contribution >= 4 is 17.5 Å². The molecule has 1 aliphatic rings. The van der Waals surface area contributed by atoms with Gasteiger partial charge in [0.2, 0.25) is 5.95 Å². The average Bonchev–Trinajstić information content (AvgIpc) is 2.61. The fraction of sp³-hybridized carbons (Fsp3) is 0.231. The van der Waals surface area contributed by atoms with Crippen LogP contribution in [0.2, 0.25) is 0 Å². The number of aromatic nitrogens is 2. The van der Waals surface area contributed by atoms with Gasteiger partial charge in [-0.1, -0.05) is 12.1 Å². The number of anilines is 3. The van der Waals surface area contributed by atoms with Crippen LogP contribution in [0.3, 0.4) is 0 Å². The van der Waals surface area contributed by atoms with E-state index in [1.807, 2.05) is 30.3 Å². The fourth-order valence-corrected chi connectivity index (χ4v) is 2.08. The third-order valence-corrected chi connectivity index (χ3v) is 2.88. The first kappa shape index (κ1) is 10.8. The molecule has 0 amide bonds. The van der Waals surface area contributed by atoms with Crippen molar-refractivity contribution in [1.82, 2.24) is 9.97 Å². The Bertz CT molecular complexity index is 558. The molecule has 2 aromatic rings. The Morgan fingerprint density at radius 1 is 1.22 bits per heavy atom. The molecule has 0 bridgehead atoms. The van der Waals surface area contributed by atoms with Crippen LogP contribution in [-0.2, 0) is 0 Å². The van der Waals surface area contributed by atoms with Crippen LogP contribution in [0.5, 0.6) is 5.75 Å². The summed E-state index contributed by atoms with van der Waals surface area (Å²) in [5, 5.41) is 0. The van der Waals surface area contributed by atoms with Crippen LogP contribution in [0.1, 0.15) is 6.42 Å². The van der Waals surface area contributed by atoms with Crippen molar-refractivity contribution in [2.24, 2.45) is 0 Å². The summed E-state index contributed by atoms with van der Waals surface area (Å²) in [6.07, 6.45) is 2.62. The Morgan fingerprint density at radius 2 is 2.11 bits per heavy atom. The molecule has 0 saturated carbocycles. The minimum Gasteiger partial charge on any atom is -0.491 e. The molecule has 1 aliphatic heterocycles. The summed E-state index contributed by atoms with van der Waals surface area (Å²) in [6.45, 7) is 1.57. The molecule has 0 atom stereocenters. The molecule has 1 aromatic carbocycles. The van der Waals surface area contributed by atoms with Crippen LogP contribution in [0.25, 0.3) is 0 Å². The number of nitrogens with two attached hydrogens (primary N) is 1. The van der Waals surface area contributed by atoms with E-state index in [1.165, 1.54) is 0 Å². The van der Waals surface area contributed by atoms with Gasteiger partial charge in [0.25, 0.3) is 0 Å². The molecule has 0 saturated heterocycles. The zero-order chi connectivity index (χ0) is 12.4. The summed E-state index contributed by atoms with van der Waals surface area (Å²) in [5.41, 5.74) is 6.67. The highest BCUT2D eigenvalue weighted by molar-refractivity contribution is 5.67. The van der Waals surface area contributed by atoms with Crippen LogP contribution in [0, 0.1) is 0 Å². The summed E-state index contributed by atoms with van der Waals surface area (Å²) >= 11 is 0. The number of para-hydroxylation sites is 2. The maximum Gasteiger partial charge on any atom is 0.221 e. The molecule has 92 valence electrons. The van der Waals surface area contributed by atoms with E-state index >= 15 is 0 Å². The first-order chi connectivity index (χ1) is 8.84. The lowest BCUT2D eigenvalue weighted by molar-refractivity contribution is 0.322. The highest BCUT2D eigenvalue weighted by Crippen LogP contribution is 2.34. The van der Waals surface area contributed by atoms with Crippen LogP contribution in [0.15, 0.2) is 36.5 Å². The molecule has 0 spiro atoms. The van der Waals surface area contributed by atoms with Crippen LogP contribution < -0.4 is 15.4 Å².